The molecular weight excluding hydrogens is 362 g/mol. The SMILES string of the molecule is COC(=O)c1ccc(C2CC(=O)NC3=C2C(=O)CC(c2cccs2)C3)cc1. The minimum absolute atomic E-state index is 0.0737. The number of methoxy groups -OCH3 is 1. The Morgan fingerprint density at radius 3 is 2.56 bits per heavy atom. The molecule has 5 nitrogen and oxygen atoms in total. The molecule has 1 aromatic heterocycles. The first-order valence-electron chi connectivity index (χ1n) is 8.84. The third-order valence-electron chi connectivity index (χ3n) is 5.22. The van der Waals surface area contributed by atoms with Gasteiger partial charge in [0.25, 0.3) is 0 Å². The molecule has 0 radical (unpaired) electrons. The van der Waals surface area contributed by atoms with Crippen molar-refractivity contribution in [2.75, 3.05) is 7.11 Å². The van der Waals surface area contributed by atoms with Gasteiger partial charge in [-0.3, -0.25) is 9.59 Å². The number of benzene rings is 1. The van der Waals surface area contributed by atoms with Crippen molar-refractivity contribution >= 4 is 29.0 Å². The summed E-state index contributed by atoms with van der Waals surface area (Å²) in [7, 11) is 1.34. The van der Waals surface area contributed by atoms with Crippen LogP contribution in [0.15, 0.2) is 53.0 Å². The lowest BCUT2D eigenvalue weighted by atomic mass is 9.74. The third-order valence-corrected chi connectivity index (χ3v) is 6.25. The van der Waals surface area contributed by atoms with Crippen molar-refractivity contribution in [3.8, 4) is 0 Å². The molecular formula is C21H19NO4S. The number of hydrogen-bond acceptors (Lipinski definition) is 5. The van der Waals surface area contributed by atoms with Crippen molar-refractivity contribution in [2.45, 2.75) is 31.1 Å². The van der Waals surface area contributed by atoms with Crippen LogP contribution in [0.25, 0.3) is 0 Å². The van der Waals surface area contributed by atoms with Gasteiger partial charge in [0.15, 0.2) is 5.78 Å². The molecule has 4 rings (SSSR count). The number of Topliss-reactive ketones (excluding diaryl/α,β-unsaturated/α-hetero) is 1. The first kappa shape index (κ1) is 17.7. The number of thiophene rings is 1. The zero-order chi connectivity index (χ0) is 19.0. The summed E-state index contributed by atoms with van der Waals surface area (Å²) in [6.45, 7) is 0. The van der Waals surface area contributed by atoms with Crippen LogP contribution in [0, 0.1) is 0 Å². The van der Waals surface area contributed by atoms with Gasteiger partial charge in [-0.2, -0.15) is 0 Å². The summed E-state index contributed by atoms with van der Waals surface area (Å²) in [5, 5.41) is 4.94. The Labute approximate surface area is 161 Å². The highest BCUT2D eigenvalue weighted by atomic mass is 32.1. The standard InChI is InChI=1S/C21H19NO4S/c1-26-21(25)13-6-4-12(5-7-13)15-11-19(24)22-16-9-14(10-17(23)20(15)16)18-3-2-8-27-18/h2-8,14-15H,9-11H2,1H3,(H,22,24). The molecule has 2 unspecified atom stereocenters. The molecule has 1 N–H and O–H groups in total. The van der Waals surface area contributed by atoms with E-state index in [-0.39, 0.29) is 29.9 Å². The van der Waals surface area contributed by atoms with E-state index < -0.39 is 5.97 Å². The van der Waals surface area contributed by atoms with E-state index in [0.717, 1.165) is 11.3 Å². The van der Waals surface area contributed by atoms with E-state index in [2.05, 4.69) is 5.32 Å². The Balaban J connectivity index is 1.67. The molecule has 0 saturated heterocycles. The van der Waals surface area contributed by atoms with Gasteiger partial charge < -0.3 is 10.1 Å². The van der Waals surface area contributed by atoms with Gasteiger partial charge in [-0.1, -0.05) is 18.2 Å². The molecule has 0 spiro atoms. The van der Waals surface area contributed by atoms with E-state index in [4.69, 9.17) is 4.74 Å². The average Bonchev–Trinajstić information content (AvgIpc) is 3.21. The Morgan fingerprint density at radius 1 is 1.11 bits per heavy atom. The smallest absolute Gasteiger partial charge is 0.337 e. The quantitative estimate of drug-likeness (QED) is 0.826. The van der Waals surface area contributed by atoms with Crippen LogP contribution in [-0.4, -0.2) is 24.8 Å². The Hall–Kier alpha value is -2.73. The number of carbonyl (C=O) groups excluding carboxylic acids is 3. The number of esters is 1. The molecule has 0 fully saturated rings. The maximum Gasteiger partial charge on any atom is 0.337 e. The Bertz CT molecular complexity index is 928. The third kappa shape index (κ3) is 3.32. The molecule has 27 heavy (non-hydrogen) atoms. The molecule has 6 heteroatoms. The van der Waals surface area contributed by atoms with E-state index >= 15 is 0 Å². The highest BCUT2D eigenvalue weighted by molar-refractivity contribution is 7.10. The maximum absolute atomic E-state index is 13.0. The van der Waals surface area contributed by atoms with Crippen molar-refractivity contribution in [1.82, 2.24) is 5.32 Å². The molecule has 138 valence electrons. The van der Waals surface area contributed by atoms with Crippen LogP contribution in [0.3, 0.4) is 0 Å². The molecule has 2 heterocycles. The first-order chi connectivity index (χ1) is 13.1. The monoisotopic (exact) mass is 381 g/mol. The zero-order valence-electron chi connectivity index (χ0n) is 14.9. The molecule has 1 aliphatic heterocycles. The van der Waals surface area contributed by atoms with Crippen LogP contribution < -0.4 is 5.32 Å². The number of allylic oxidation sites excluding steroid dienone is 2. The van der Waals surface area contributed by atoms with Crippen molar-refractivity contribution in [2.24, 2.45) is 0 Å². The van der Waals surface area contributed by atoms with Crippen LogP contribution >= 0.6 is 11.3 Å². The van der Waals surface area contributed by atoms with E-state index in [9.17, 15) is 14.4 Å². The number of carbonyl (C=O) groups is 3. The maximum atomic E-state index is 13.0. The predicted molar refractivity (Wildman–Crippen MR) is 102 cm³/mol. The number of ether oxygens (including phenoxy) is 1. The normalized spacial score (nSPS) is 22.3. The fourth-order valence-electron chi connectivity index (χ4n) is 3.94. The predicted octanol–water partition coefficient (Wildman–Crippen LogP) is 3.54. The van der Waals surface area contributed by atoms with Gasteiger partial charge >= 0.3 is 5.97 Å². The summed E-state index contributed by atoms with van der Waals surface area (Å²) in [5.41, 5.74) is 2.78. The summed E-state index contributed by atoms with van der Waals surface area (Å²) in [5.74, 6) is -0.531. The van der Waals surface area contributed by atoms with Crippen LogP contribution in [0.5, 0.6) is 0 Å². The van der Waals surface area contributed by atoms with Gasteiger partial charge in [-0.15, -0.1) is 11.3 Å². The second-order valence-corrected chi connectivity index (χ2v) is 7.83. The largest absolute Gasteiger partial charge is 0.465 e. The molecule has 0 saturated carbocycles. The van der Waals surface area contributed by atoms with Crippen LogP contribution in [0.4, 0.5) is 0 Å². The summed E-state index contributed by atoms with van der Waals surface area (Å²) >= 11 is 1.64. The second-order valence-electron chi connectivity index (χ2n) is 6.85. The summed E-state index contributed by atoms with van der Waals surface area (Å²) in [6.07, 6.45) is 1.38. The van der Waals surface area contributed by atoms with E-state index in [1.165, 1.54) is 12.0 Å². The molecule has 2 aliphatic rings. The fourth-order valence-corrected chi connectivity index (χ4v) is 4.77. The van der Waals surface area contributed by atoms with Gasteiger partial charge in [-0.25, -0.2) is 4.79 Å². The molecule has 0 bridgehead atoms. The summed E-state index contributed by atoms with van der Waals surface area (Å²) in [4.78, 5) is 38.1. The average molecular weight is 381 g/mol. The van der Waals surface area contributed by atoms with E-state index in [0.29, 0.717) is 24.0 Å². The van der Waals surface area contributed by atoms with Gasteiger partial charge in [0.05, 0.1) is 12.7 Å². The molecule has 2 atom stereocenters. The van der Waals surface area contributed by atoms with Crippen molar-refractivity contribution in [3.05, 3.63) is 69.1 Å². The van der Waals surface area contributed by atoms with Crippen molar-refractivity contribution in [1.29, 1.82) is 0 Å². The highest BCUT2D eigenvalue weighted by Crippen LogP contribution is 2.43. The first-order valence-corrected chi connectivity index (χ1v) is 9.72. The van der Waals surface area contributed by atoms with Crippen LogP contribution in [0.1, 0.15) is 51.9 Å². The number of ketones is 1. The Kier molecular flexibility index (Phi) is 4.66. The molecule has 1 aromatic carbocycles. The topological polar surface area (TPSA) is 72.5 Å². The number of hydrogen-bond donors (Lipinski definition) is 1. The minimum Gasteiger partial charge on any atom is -0.465 e. The highest BCUT2D eigenvalue weighted by Gasteiger charge is 2.38. The van der Waals surface area contributed by atoms with Crippen LogP contribution in [-0.2, 0) is 14.3 Å². The summed E-state index contributed by atoms with van der Waals surface area (Å²) < 4.78 is 4.72. The number of rotatable bonds is 3. The second kappa shape index (κ2) is 7.12. The number of nitrogens with one attached hydrogen (secondary N) is 1. The zero-order valence-corrected chi connectivity index (χ0v) is 15.7. The summed E-state index contributed by atoms with van der Waals surface area (Å²) in [6, 6.07) is 11.0. The van der Waals surface area contributed by atoms with Gasteiger partial charge in [0.1, 0.15) is 0 Å². The van der Waals surface area contributed by atoms with Crippen molar-refractivity contribution < 1.29 is 19.1 Å². The van der Waals surface area contributed by atoms with E-state index in [1.807, 2.05) is 17.5 Å². The van der Waals surface area contributed by atoms with Gasteiger partial charge in [0, 0.05) is 40.8 Å². The molecule has 1 aliphatic carbocycles. The minimum atomic E-state index is -0.407. The van der Waals surface area contributed by atoms with Crippen LogP contribution in [0.2, 0.25) is 0 Å². The Morgan fingerprint density at radius 2 is 1.89 bits per heavy atom. The molecule has 2 aromatic rings. The lowest BCUT2D eigenvalue weighted by Crippen LogP contribution is -2.38. The number of amides is 1. The van der Waals surface area contributed by atoms with Crippen molar-refractivity contribution in [3.63, 3.8) is 0 Å². The fraction of sp³-hybridized carbons (Fsp3) is 0.286. The van der Waals surface area contributed by atoms with E-state index in [1.54, 1.807) is 35.6 Å². The lowest BCUT2D eigenvalue weighted by molar-refractivity contribution is -0.122. The lowest BCUT2D eigenvalue weighted by Gasteiger charge is -2.34. The van der Waals surface area contributed by atoms with Gasteiger partial charge in [0.2, 0.25) is 5.91 Å². The van der Waals surface area contributed by atoms with Gasteiger partial charge in [-0.05, 0) is 35.6 Å². The molecule has 1 amide bonds.